The minimum absolute atomic E-state index is 0.109. The molecule has 0 unspecified atom stereocenters. The monoisotopic (exact) mass is 369 g/mol. The van der Waals surface area contributed by atoms with Crippen molar-refractivity contribution in [1.29, 1.82) is 0 Å². The van der Waals surface area contributed by atoms with E-state index < -0.39 is 0 Å². The lowest BCUT2D eigenvalue weighted by atomic mass is 9.93. The maximum Gasteiger partial charge on any atom is 0.235 e. The largest absolute Gasteiger partial charge is 0.480 e. The molecule has 1 heterocycles. The van der Waals surface area contributed by atoms with E-state index in [4.69, 9.17) is 9.47 Å². The Morgan fingerprint density at radius 2 is 1.85 bits per heavy atom. The zero-order valence-corrected chi connectivity index (χ0v) is 15.8. The number of ether oxygens (including phenoxy) is 2. The van der Waals surface area contributed by atoms with E-state index >= 15 is 0 Å². The Hall–Kier alpha value is -2.63. The lowest BCUT2D eigenvalue weighted by Gasteiger charge is -2.29. The number of carbonyl (C=O) groups is 1. The number of amides is 1. The fraction of sp³-hybridized carbons (Fsp3) is 0.476. The Morgan fingerprint density at radius 1 is 1.11 bits per heavy atom. The first-order chi connectivity index (χ1) is 13.2. The van der Waals surface area contributed by atoms with Gasteiger partial charge in [0.25, 0.3) is 0 Å². The van der Waals surface area contributed by atoms with Gasteiger partial charge in [-0.3, -0.25) is 9.78 Å². The molecule has 0 spiro atoms. The molecule has 6 heteroatoms. The molecule has 1 N–H and O–H groups in total. The Bertz CT molecular complexity index is 716. The minimum atomic E-state index is 0.109. The van der Waals surface area contributed by atoms with E-state index in [9.17, 15) is 4.79 Å². The van der Waals surface area contributed by atoms with Gasteiger partial charge in [-0.15, -0.1) is 0 Å². The predicted molar refractivity (Wildman–Crippen MR) is 103 cm³/mol. The standard InChI is InChI=1S/C21H27N3O3/c1-26-20-14-22-15-21(24-20)27-18-12-10-17(11-13-18)23-19(25)9-5-8-16-6-3-2-4-7-16/h2-4,6-7,14-15,17-18H,5,8-13H2,1H3,(H,23,25). The predicted octanol–water partition coefficient (Wildman–Crippen LogP) is 3.31. The molecule has 1 aromatic carbocycles. The SMILES string of the molecule is COc1cncc(OC2CCC(NC(=O)CCCc3ccccc3)CC2)n1. The average molecular weight is 369 g/mol. The first-order valence-corrected chi connectivity index (χ1v) is 9.59. The van der Waals surface area contributed by atoms with E-state index in [1.54, 1.807) is 19.5 Å². The van der Waals surface area contributed by atoms with Crippen LogP contribution < -0.4 is 14.8 Å². The van der Waals surface area contributed by atoms with Crippen LogP contribution in [0.2, 0.25) is 0 Å². The Morgan fingerprint density at radius 3 is 2.59 bits per heavy atom. The van der Waals surface area contributed by atoms with Gasteiger partial charge in [0.1, 0.15) is 6.10 Å². The molecule has 1 aliphatic rings. The fourth-order valence-electron chi connectivity index (χ4n) is 3.38. The van der Waals surface area contributed by atoms with Crippen LogP contribution in [0.3, 0.4) is 0 Å². The fourth-order valence-corrected chi connectivity index (χ4v) is 3.38. The molecule has 0 atom stereocenters. The lowest BCUT2D eigenvalue weighted by Crippen LogP contribution is -2.39. The van der Waals surface area contributed by atoms with Crippen molar-refractivity contribution in [2.24, 2.45) is 0 Å². The molecule has 1 aromatic heterocycles. The number of benzene rings is 1. The summed E-state index contributed by atoms with van der Waals surface area (Å²) in [6.45, 7) is 0. The highest BCUT2D eigenvalue weighted by molar-refractivity contribution is 5.76. The maximum absolute atomic E-state index is 12.2. The Labute approximate surface area is 160 Å². The van der Waals surface area contributed by atoms with E-state index in [0.717, 1.165) is 38.5 Å². The van der Waals surface area contributed by atoms with Crippen molar-refractivity contribution in [3.05, 3.63) is 48.3 Å². The van der Waals surface area contributed by atoms with E-state index in [-0.39, 0.29) is 18.1 Å². The molecule has 0 saturated heterocycles. The summed E-state index contributed by atoms with van der Waals surface area (Å²) in [4.78, 5) is 20.5. The normalized spacial score (nSPS) is 19.3. The smallest absolute Gasteiger partial charge is 0.235 e. The van der Waals surface area contributed by atoms with Gasteiger partial charge >= 0.3 is 0 Å². The molecule has 0 bridgehead atoms. The van der Waals surface area contributed by atoms with E-state index in [1.165, 1.54) is 5.56 Å². The van der Waals surface area contributed by atoms with Crippen molar-refractivity contribution in [1.82, 2.24) is 15.3 Å². The first-order valence-electron chi connectivity index (χ1n) is 9.59. The van der Waals surface area contributed by atoms with Gasteiger partial charge < -0.3 is 14.8 Å². The van der Waals surface area contributed by atoms with Crippen molar-refractivity contribution in [2.45, 2.75) is 57.1 Å². The Kier molecular flexibility index (Phi) is 7.02. The second-order valence-electron chi connectivity index (χ2n) is 6.90. The van der Waals surface area contributed by atoms with Gasteiger partial charge in [0, 0.05) is 12.5 Å². The molecule has 1 fully saturated rings. The lowest BCUT2D eigenvalue weighted by molar-refractivity contribution is -0.122. The number of aromatic nitrogens is 2. The van der Waals surface area contributed by atoms with Crippen LogP contribution in [0.15, 0.2) is 42.7 Å². The molecule has 2 aromatic rings. The van der Waals surface area contributed by atoms with Crippen molar-refractivity contribution < 1.29 is 14.3 Å². The number of carbonyl (C=O) groups excluding carboxylic acids is 1. The molecule has 6 nitrogen and oxygen atoms in total. The highest BCUT2D eigenvalue weighted by Gasteiger charge is 2.24. The maximum atomic E-state index is 12.2. The van der Waals surface area contributed by atoms with Gasteiger partial charge in [-0.05, 0) is 44.1 Å². The molecule has 144 valence electrons. The van der Waals surface area contributed by atoms with Crippen molar-refractivity contribution in [3.63, 3.8) is 0 Å². The van der Waals surface area contributed by atoms with E-state index in [1.807, 2.05) is 18.2 Å². The van der Waals surface area contributed by atoms with Gasteiger partial charge in [-0.25, -0.2) is 0 Å². The van der Waals surface area contributed by atoms with Crippen LogP contribution >= 0.6 is 0 Å². The second kappa shape index (κ2) is 9.90. The Balaban J connectivity index is 1.34. The van der Waals surface area contributed by atoms with Crippen LogP contribution in [0.1, 0.15) is 44.1 Å². The summed E-state index contributed by atoms with van der Waals surface area (Å²) < 4.78 is 11.0. The van der Waals surface area contributed by atoms with Crippen LogP contribution in [0.5, 0.6) is 11.8 Å². The molecule has 0 radical (unpaired) electrons. The number of aryl methyl sites for hydroxylation is 1. The van der Waals surface area contributed by atoms with Crippen LogP contribution in [-0.4, -0.2) is 35.1 Å². The summed E-state index contributed by atoms with van der Waals surface area (Å²) in [6, 6.07) is 10.5. The third-order valence-electron chi connectivity index (χ3n) is 4.84. The molecule has 27 heavy (non-hydrogen) atoms. The minimum Gasteiger partial charge on any atom is -0.480 e. The second-order valence-corrected chi connectivity index (χ2v) is 6.90. The van der Waals surface area contributed by atoms with E-state index in [2.05, 4.69) is 27.4 Å². The molecule has 1 aliphatic carbocycles. The number of nitrogens with one attached hydrogen (secondary N) is 1. The number of nitrogens with zero attached hydrogens (tertiary/aromatic N) is 2. The molecule has 1 saturated carbocycles. The summed E-state index contributed by atoms with van der Waals surface area (Å²) in [5.41, 5.74) is 1.28. The molecule has 1 amide bonds. The summed E-state index contributed by atoms with van der Waals surface area (Å²) in [6.07, 6.45) is 9.29. The number of methoxy groups -OCH3 is 1. The average Bonchev–Trinajstić information content (AvgIpc) is 2.70. The zero-order valence-electron chi connectivity index (χ0n) is 15.8. The highest BCUT2D eigenvalue weighted by Crippen LogP contribution is 2.23. The first kappa shape index (κ1) is 19.1. The molecule has 0 aliphatic heterocycles. The molecular formula is C21H27N3O3. The van der Waals surface area contributed by atoms with Crippen LogP contribution in [0.4, 0.5) is 0 Å². The van der Waals surface area contributed by atoms with Crippen LogP contribution in [0.25, 0.3) is 0 Å². The van der Waals surface area contributed by atoms with Crippen molar-refractivity contribution >= 4 is 5.91 Å². The molecule has 3 rings (SSSR count). The van der Waals surface area contributed by atoms with Crippen molar-refractivity contribution in [2.75, 3.05) is 7.11 Å². The highest BCUT2D eigenvalue weighted by atomic mass is 16.5. The number of rotatable bonds is 8. The zero-order chi connectivity index (χ0) is 18.9. The summed E-state index contributed by atoms with van der Waals surface area (Å²) >= 11 is 0. The summed E-state index contributed by atoms with van der Waals surface area (Å²) in [7, 11) is 1.56. The molecular weight excluding hydrogens is 342 g/mol. The van der Waals surface area contributed by atoms with Crippen molar-refractivity contribution in [3.8, 4) is 11.8 Å². The van der Waals surface area contributed by atoms with Gasteiger partial charge in [0.2, 0.25) is 17.7 Å². The topological polar surface area (TPSA) is 73.3 Å². The van der Waals surface area contributed by atoms with Gasteiger partial charge in [0.05, 0.1) is 19.5 Å². The van der Waals surface area contributed by atoms with E-state index in [0.29, 0.717) is 18.2 Å². The third-order valence-corrected chi connectivity index (χ3v) is 4.84. The summed E-state index contributed by atoms with van der Waals surface area (Å²) in [5, 5.41) is 3.17. The third kappa shape index (κ3) is 6.24. The van der Waals surface area contributed by atoms with Gasteiger partial charge in [0.15, 0.2) is 0 Å². The number of hydrogen-bond donors (Lipinski definition) is 1. The quantitative estimate of drug-likeness (QED) is 0.773. The number of hydrogen-bond acceptors (Lipinski definition) is 5. The van der Waals surface area contributed by atoms with Gasteiger partial charge in [-0.1, -0.05) is 30.3 Å². The van der Waals surface area contributed by atoms with Crippen LogP contribution in [-0.2, 0) is 11.2 Å². The van der Waals surface area contributed by atoms with Gasteiger partial charge in [-0.2, -0.15) is 4.98 Å². The van der Waals surface area contributed by atoms with Crippen LogP contribution in [0, 0.1) is 0 Å². The summed E-state index contributed by atoms with van der Waals surface area (Å²) in [5.74, 6) is 1.08.